The summed E-state index contributed by atoms with van der Waals surface area (Å²) < 4.78 is 2.24. The molecule has 2 heterocycles. The zero-order chi connectivity index (χ0) is 25.4. The van der Waals surface area contributed by atoms with Gasteiger partial charge in [-0.05, 0) is 67.4 Å². The molecular formula is C30H26N4O3. The molecule has 0 bridgehead atoms. The highest BCUT2D eigenvalue weighted by Crippen LogP contribution is 2.36. The predicted octanol–water partition coefficient (Wildman–Crippen LogP) is 6.71. The van der Waals surface area contributed by atoms with Gasteiger partial charge in [0.1, 0.15) is 5.82 Å². The van der Waals surface area contributed by atoms with Gasteiger partial charge < -0.3 is 15.0 Å². The highest BCUT2D eigenvalue weighted by atomic mass is 16.4. The summed E-state index contributed by atoms with van der Waals surface area (Å²) in [6.07, 6.45) is 7.38. The molecule has 0 atom stereocenters. The van der Waals surface area contributed by atoms with Crippen molar-refractivity contribution in [3.05, 3.63) is 90.1 Å². The van der Waals surface area contributed by atoms with Crippen molar-refractivity contribution >= 4 is 39.5 Å². The van der Waals surface area contributed by atoms with E-state index in [9.17, 15) is 14.7 Å². The van der Waals surface area contributed by atoms with Crippen molar-refractivity contribution in [2.45, 2.75) is 38.1 Å². The SMILES string of the molecule is O=C(O)c1ccc2c(c1)nc(-c1cccc(C(=O)Nc3ccc4ncccc4c3)c1)n2C1CCCCC1. The van der Waals surface area contributed by atoms with Crippen molar-refractivity contribution < 1.29 is 14.7 Å². The van der Waals surface area contributed by atoms with E-state index in [1.165, 1.54) is 6.42 Å². The van der Waals surface area contributed by atoms with Gasteiger partial charge in [0.15, 0.2) is 0 Å². The molecule has 5 aromatic rings. The Balaban J connectivity index is 1.38. The van der Waals surface area contributed by atoms with E-state index in [0.29, 0.717) is 16.8 Å². The number of nitrogens with zero attached hydrogens (tertiary/aromatic N) is 3. The molecule has 6 rings (SSSR count). The molecule has 37 heavy (non-hydrogen) atoms. The molecule has 2 aromatic heterocycles. The number of carbonyl (C=O) groups is 2. The molecule has 1 amide bonds. The number of benzene rings is 3. The maximum atomic E-state index is 13.2. The van der Waals surface area contributed by atoms with Crippen molar-refractivity contribution in [3.63, 3.8) is 0 Å². The van der Waals surface area contributed by atoms with Crippen LogP contribution in [0.15, 0.2) is 79.0 Å². The second-order valence-electron chi connectivity index (χ2n) is 9.55. The number of pyridine rings is 1. The number of amides is 1. The number of carbonyl (C=O) groups excluding carboxylic acids is 1. The van der Waals surface area contributed by atoms with Gasteiger partial charge in [0.05, 0.1) is 22.1 Å². The standard InChI is InChI=1S/C30H26N4O3/c35-29(32-23-12-13-25-19(17-23)8-5-15-31-25)21-7-4-6-20(16-21)28-33-26-18-22(30(36)37)11-14-27(26)34(28)24-9-2-1-3-10-24/h4-8,11-18,24H,1-3,9-10H2,(H,32,35)(H,36,37). The van der Waals surface area contributed by atoms with Crippen LogP contribution in [-0.4, -0.2) is 31.5 Å². The van der Waals surface area contributed by atoms with Gasteiger partial charge in [-0.3, -0.25) is 9.78 Å². The number of rotatable bonds is 5. The van der Waals surface area contributed by atoms with Crippen LogP contribution in [0.25, 0.3) is 33.3 Å². The lowest BCUT2D eigenvalue weighted by molar-refractivity contribution is 0.0696. The Morgan fingerprint density at radius 3 is 2.57 bits per heavy atom. The lowest BCUT2D eigenvalue weighted by Crippen LogP contribution is -2.14. The van der Waals surface area contributed by atoms with Crippen molar-refractivity contribution in [2.24, 2.45) is 0 Å². The molecule has 1 saturated carbocycles. The minimum atomic E-state index is -0.973. The van der Waals surface area contributed by atoms with Gasteiger partial charge in [0.2, 0.25) is 0 Å². The van der Waals surface area contributed by atoms with Gasteiger partial charge in [-0.1, -0.05) is 37.5 Å². The third kappa shape index (κ3) is 4.44. The zero-order valence-corrected chi connectivity index (χ0v) is 20.2. The molecule has 3 aromatic carbocycles. The minimum Gasteiger partial charge on any atom is -0.478 e. The van der Waals surface area contributed by atoms with Gasteiger partial charge in [-0.2, -0.15) is 0 Å². The molecule has 0 saturated heterocycles. The van der Waals surface area contributed by atoms with Gasteiger partial charge >= 0.3 is 5.97 Å². The maximum Gasteiger partial charge on any atom is 0.335 e. The molecule has 0 unspecified atom stereocenters. The summed E-state index contributed by atoms with van der Waals surface area (Å²) in [6, 6.07) is 22.4. The largest absolute Gasteiger partial charge is 0.478 e. The van der Waals surface area contributed by atoms with Crippen LogP contribution < -0.4 is 5.32 Å². The number of imidazole rings is 1. The summed E-state index contributed by atoms with van der Waals surface area (Å²) in [6.45, 7) is 0. The molecule has 1 aliphatic rings. The summed E-state index contributed by atoms with van der Waals surface area (Å²) in [5, 5.41) is 13.4. The fourth-order valence-corrected chi connectivity index (χ4v) is 5.30. The average Bonchev–Trinajstić information content (AvgIpc) is 3.32. The normalized spacial score (nSPS) is 14.2. The summed E-state index contributed by atoms with van der Waals surface area (Å²) >= 11 is 0. The summed E-state index contributed by atoms with van der Waals surface area (Å²) in [7, 11) is 0. The second-order valence-corrected chi connectivity index (χ2v) is 9.55. The van der Waals surface area contributed by atoms with Gasteiger partial charge in [-0.15, -0.1) is 0 Å². The highest BCUT2D eigenvalue weighted by Gasteiger charge is 2.23. The number of aromatic carboxylic acids is 1. The van der Waals surface area contributed by atoms with Crippen molar-refractivity contribution in [1.82, 2.24) is 14.5 Å². The van der Waals surface area contributed by atoms with Crippen molar-refractivity contribution in [3.8, 4) is 11.4 Å². The number of anilines is 1. The predicted molar refractivity (Wildman–Crippen MR) is 144 cm³/mol. The van der Waals surface area contributed by atoms with E-state index < -0.39 is 5.97 Å². The van der Waals surface area contributed by atoms with Crippen LogP contribution in [0, 0.1) is 0 Å². The Hall–Kier alpha value is -4.52. The van der Waals surface area contributed by atoms with E-state index in [4.69, 9.17) is 4.98 Å². The quantitative estimate of drug-likeness (QED) is 0.285. The van der Waals surface area contributed by atoms with Crippen LogP contribution in [0.5, 0.6) is 0 Å². The lowest BCUT2D eigenvalue weighted by Gasteiger charge is -2.25. The minimum absolute atomic E-state index is 0.210. The Bertz CT molecular complexity index is 1650. The third-order valence-corrected chi connectivity index (χ3v) is 7.12. The number of carboxylic acids is 1. The van der Waals surface area contributed by atoms with E-state index in [2.05, 4.69) is 14.9 Å². The smallest absolute Gasteiger partial charge is 0.335 e. The molecule has 1 aliphatic carbocycles. The monoisotopic (exact) mass is 490 g/mol. The second kappa shape index (κ2) is 9.50. The molecule has 184 valence electrons. The molecule has 2 N–H and O–H groups in total. The Morgan fingerprint density at radius 2 is 1.73 bits per heavy atom. The molecule has 0 radical (unpaired) electrons. The molecule has 1 fully saturated rings. The van der Waals surface area contributed by atoms with Gasteiger partial charge in [0, 0.05) is 34.4 Å². The number of carboxylic acid groups (broad SMARTS) is 1. The Labute approximate surface area is 213 Å². The van der Waals surface area contributed by atoms with Crippen molar-refractivity contribution in [1.29, 1.82) is 0 Å². The first-order chi connectivity index (χ1) is 18.1. The topological polar surface area (TPSA) is 97.1 Å². The van der Waals surface area contributed by atoms with Crippen LogP contribution >= 0.6 is 0 Å². The van der Waals surface area contributed by atoms with E-state index in [1.54, 1.807) is 24.4 Å². The number of aromatic nitrogens is 3. The van der Waals surface area contributed by atoms with Crippen LogP contribution in [0.4, 0.5) is 5.69 Å². The fourth-order valence-electron chi connectivity index (χ4n) is 5.30. The first kappa shape index (κ1) is 22.9. The first-order valence-corrected chi connectivity index (χ1v) is 12.6. The van der Waals surface area contributed by atoms with Gasteiger partial charge in [0.25, 0.3) is 5.91 Å². The highest BCUT2D eigenvalue weighted by molar-refractivity contribution is 6.05. The number of hydrogen-bond acceptors (Lipinski definition) is 4. The third-order valence-electron chi connectivity index (χ3n) is 7.12. The number of hydrogen-bond donors (Lipinski definition) is 2. The van der Waals surface area contributed by atoms with Crippen LogP contribution in [-0.2, 0) is 0 Å². The van der Waals surface area contributed by atoms with Crippen LogP contribution in [0.1, 0.15) is 58.9 Å². The van der Waals surface area contributed by atoms with Gasteiger partial charge in [-0.25, -0.2) is 9.78 Å². The molecule has 0 aliphatic heterocycles. The lowest BCUT2D eigenvalue weighted by atomic mass is 9.94. The Kier molecular flexibility index (Phi) is 5.88. The molecule has 0 spiro atoms. The summed E-state index contributed by atoms with van der Waals surface area (Å²) in [4.78, 5) is 34.0. The number of fused-ring (bicyclic) bond motifs is 2. The van der Waals surface area contributed by atoms with E-state index in [1.807, 2.05) is 54.6 Å². The van der Waals surface area contributed by atoms with Crippen LogP contribution in [0.2, 0.25) is 0 Å². The van der Waals surface area contributed by atoms with Crippen LogP contribution in [0.3, 0.4) is 0 Å². The number of nitrogens with one attached hydrogen (secondary N) is 1. The Morgan fingerprint density at radius 1 is 0.865 bits per heavy atom. The maximum absolute atomic E-state index is 13.2. The summed E-state index contributed by atoms with van der Waals surface area (Å²) in [5.74, 6) is -0.423. The molecule has 7 nitrogen and oxygen atoms in total. The van der Waals surface area contributed by atoms with E-state index in [0.717, 1.165) is 53.5 Å². The van der Waals surface area contributed by atoms with E-state index >= 15 is 0 Å². The fraction of sp³-hybridized carbons (Fsp3) is 0.200. The van der Waals surface area contributed by atoms with E-state index in [-0.39, 0.29) is 17.5 Å². The molecular weight excluding hydrogens is 464 g/mol. The summed E-state index contributed by atoms with van der Waals surface area (Å²) in [5.41, 5.74) is 4.71. The van der Waals surface area contributed by atoms with Crippen molar-refractivity contribution in [2.75, 3.05) is 5.32 Å². The molecule has 7 heteroatoms. The zero-order valence-electron chi connectivity index (χ0n) is 20.2. The first-order valence-electron chi connectivity index (χ1n) is 12.6. The average molecular weight is 491 g/mol.